The van der Waals surface area contributed by atoms with E-state index in [0.29, 0.717) is 5.69 Å². The maximum absolute atomic E-state index is 11.2. The Balaban J connectivity index is 2.59. The van der Waals surface area contributed by atoms with E-state index in [1.807, 2.05) is 6.07 Å². The van der Waals surface area contributed by atoms with Crippen molar-refractivity contribution >= 4 is 17.3 Å². The summed E-state index contributed by atoms with van der Waals surface area (Å²) >= 11 is 0. The van der Waals surface area contributed by atoms with E-state index in [-0.39, 0.29) is 11.6 Å². The van der Waals surface area contributed by atoms with Crippen LogP contribution < -0.4 is 5.32 Å². The van der Waals surface area contributed by atoms with Crippen molar-refractivity contribution in [3.05, 3.63) is 47.6 Å². The van der Waals surface area contributed by atoms with Gasteiger partial charge in [-0.25, -0.2) is 0 Å². The van der Waals surface area contributed by atoms with Crippen LogP contribution in [0, 0.1) is 4.91 Å². The monoisotopic (exact) mass is 241 g/mol. The lowest BCUT2D eigenvalue weighted by atomic mass is 10.0. The number of amides is 1. The molecule has 0 unspecified atom stereocenters. The number of nitrogens with zero attached hydrogens (tertiary/aromatic N) is 2. The van der Waals surface area contributed by atoms with Crippen LogP contribution >= 0.6 is 0 Å². The van der Waals surface area contributed by atoms with Crippen LogP contribution in [-0.4, -0.2) is 10.9 Å². The number of hydrogen-bond acceptors (Lipinski definition) is 4. The first kappa shape index (κ1) is 11.9. The Morgan fingerprint density at radius 2 is 1.94 bits per heavy atom. The second kappa shape index (κ2) is 5.18. The average molecular weight is 241 g/mol. The highest BCUT2D eigenvalue weighted by Gasteiger charge is 2.11. The van der Waals surface area contributed by atoms with E-state index in [4.69, 9.17) is 0 Å². The van der Waals surface area contributed by atoms with Gasteiger partial charge in [-0.2, -0.15) is 0 Å². The fourth-order valence-electron chi connectivity index (χ4n) is 1.70. The zero-order valence-electron chi connectivity index (χ0n) is 9.75. The number of para-hydroxylation sites is 1. The van der Waals surface area contributed by atoms with Crippen LogP contribution in [0.4, 0.5) is 11.4 Å². The van der Waals surface area contributed by atoms with E-state index in [1.54, 1.807) is 36.7 Å². The third-order valence-electron chi connectivity index (χ3n) is 2.43. The molecule has 1 N–H and O–H groups in total. The first-order chi connectivity index (χ1) is 8.72. The summed E-state index contributed by atoms with van der Waals surface area (Å²) in [4.78, 5) is 25.9. The number of nitrogens with one attached hydrogen (secondary N) is 1. The van der Waals surface area contributed by atoms with Gasteiger partial charge in [-0.1, -0.05) is 12.1 Å². The molecule has 0 fully saturated rings. The number of nitroso groups, excluding NO2 is 1. The highest BCUT2D eigenvalue weighted by atomic mass is 16.3. The van der Waals surface area contributed by atoms with Gasteiger partial charge in [0.1, 0.15) is 5.69 Å². The number of benzene rings is 1. The highest BCUT2D eigenvalue weighted by molar-refractivity contribution is 5.98. The molecule has 5 heteroatoms. The second-order valence-corrected chi connectivity index (χ2v) is 3.71. The zero-order chi connectivity index (χ0) is 13.0. The SMILES string of the molecule is CC(=O)Nc1c(N=O)cccc1-c1ccncc1. The van der Waals surface area contributed by atoms with E-state index < -0.39 is 0 Å². The molecule has 5 nitrogen and oxygen atoms in total. The molecule has 0 atom stereocenters. The van der Waals surface area contributed by atoms with Crippen LogP contribution in [0.3, 0.4) is 0 Å². The van der Waals surface area contributed by atoms with Crippen molar-refractivity contribution in [3.63, 3.8) is 0 Å². The number of hydrogen-bond donors (Lipinski definition) is 1. The molecule has 0 radical (unpaired) electrons. The Kier molecular flexibility index (Phi) is 3.43. The standard InChI is InChI=1S/C13H11N3O2/c1-9(17)15-13-11(3-2-4-12(13)16-18)10-5-7-14-8-6-10/h2-8H,1H3,(H,15,17). The van der Waals surface area contributed by atoms with E-state index >= 15 is 0 Å². The number of rotatable bonds is 3. The molecule has 0 bridgehead atoms. The number of pyridine rings is 1. The van der Waals surface area contributed by atoms with Crippen LogP contribution in [0.1, 0.15) is 6.92 Å². The molecule has 0 aliphatic carbocycles. The van der Waals surface area contributed by atoms with Gasteiger partial charge in [0.05, 0.1) is 5.69 Å². The summed E-state index contributed by atoms with van der Waals surface area (Å²) in [7, 11) is 0. The quantitative estimate of drug-likeness (QED) is 0.839. The van der Waals surface area contributed by atoms with Crippen molar-refractivity contribution in [2.24, 2.45) is 5.18 Å². The molecule has 18 heavy (non-hydrogen) atoms. The molecule has 2 aromatic rings. The number of anilines is 1. The minimum absolute atomic E-state index is 0.208. The molecule has 0 saturated heterocycles. The van der Waals surface area contributed by atoms with Gasteiger partial charge in [0.25, 0.3) is 0 Å². The lowest BCUT2D eigenvalue weighted by molar-refractivity contribution is -0.114. The summed E-state index contributed by atoms with van der Waals surface area (Å²) < 4.78 is 0. The molecule has 1 amide bonds. The van der Waals surface area contributed by atoms with Gasteiger partial charge >= 0.3 is 0 Å². The summed E-state index contributed by atoms with van der Waals surface area (Å²) in [5.41, 5.74) is 2.23. The highest BCUT2D eigenvalue weighted by Crippen LogP contribution is 2.35. The number of aromatic nitrogens is 1. The Morgan fingerprint density at radius 1 is 1.22 bits per heavy atom. The normalized spacial score (nSPS) is 9.83. The Morgan fingerprint density at radius 3 is 2.56 bits per heavy atom. The summed E-state index contributed by atoms with van der Waals surface area (Å²) in [6, 6.07) is 8.69. The summed E-state index contributed by atoms with van der Waals surface area (Å²) in [6.45, 7) is 1.39. The predicted molar refractivity (Wildman–Crippen MR) is 69.4 cm³/mol. The van der Waals surface area contributed by atoms with Crippen LogP contribution in [0.2, 0.25) is 0 Å². The fraction of sp³-hybridized carbons (Fsp3) is 0.0769. The van der Waals surface area contributed by atoms with E-state index in [9.17, 15) is 9.70 Å². The van der Waals surface area contributed by atoms with Crippen LogP contribution in [0.25, 0.3) is 11.1 Å². The Labute approximate surface area is 104 Å². The van der Waals surface area contributed by atoms with E-state index in [2.05, 4.69) is 15.5 Å². The maximum Gasteiger partial charge on any atom is 0.221 e. The first-order valence-electron chi connectivity index (χ1n) is 5.36. The Bertz CT molecular complexity index is 582. The predicted octanol–water partition coefficient (Wildman–Crippen LogP) is 3.10. The van der Waals surface area contributed by atoms with Gasteiger partial charge in [0.2, 0.25) is 5.91 Å². The van der Waals surface area contributed by atoms with Gasteiger partial charge in [-0.3, -0.25) is 9.78 Å². The minimum atomic E-state index is -0.249. The van der Waals surface area contributed by atoms with Crippen molar-refractivity contribution in [1.82, 2.24) is 4.98 Å². The molecule has 2 rings (SSSR count). The van der Waals surface area contributed by atoms with Gasteiger partial charge in [-0.15, -0.1) is 4.91 Å². The smallest absolute Gasteiger partial charge is 0.221 e. The molecule has 1 heterocycles. The van der Waals surface area contributed by atoms with E-state index in [1.165, 1.54) is 6.92 Å². The summed E-state index contributed by atoms with van der Waals surface area (Å²) in [6.07, 6.45) is 3.29. The molecule has 90 valence electrons. The lowest BCUT2D eigenvalue weighted by Gasteiger charge is -2.11. The summed E-state index contributed by atoms with van der Waals surface area (Å²) in [5, 5.41) is 5.57. The number of carbonyl (C=O) groups is 1. The van der Waals surface area contributed by atoms with Crippen molar-refractivity contribution in [2.45, 2.75) is 6.92 Å². The van der Waals surface area contributed by atoms with Gasteiger partial charge < -0.3 is 5.32 Å². The molecular formula is C13H11N3O2. The first-order valence-corrected chi connectivity index (χ1v) is 5.36. The molecule has 0 aliphatic heterocycles. The third kappa shape index (κ3) is 2.40. The lowest BCUT2D eigenvalue weighted by Crippen LogP contribution is -2.07. The maximum atomic E-state index is 11.2. The minimum Gasteiger partial charge on any atom is -0.324 e. The van der Waals surface area contributed by atoms with E-state index in [0.717, 1.165) is 11.1 Å². The van der Waals surface area contributed by atoms with Crippen molar-refractivity contribution < 1.29 is 4.79 Å². The molecular weight excluding hydrogens is 230 g/mol. The zero-order valence-corrected chi connectivity index (χ0v) is 9.75. The van der Waals surface area contributed by atoms with Crippen LogP contribution in [-0.2, 0) is 4.79 Å². The summed E-state index contributed by atoms with van der Waals surface area (Å²) in [5.74, 6) is -0.249. The molecule has 0 aliphatic rings. The molecule has 1 aromatic carbocycles. The number of carbonyl (C=O) groups excluding carboxylic acids is 1. The van der Waals surface area contributed by atoms with Crippen molar-refractivity contribution in [3.8, 4) is 11.1 Å². The van der Waals surface area contributed by atoms with Crippen LogP contribution in [0.5, 0.6) is 0 Å². The average Bonchev–Trinajstić information content (AvgIpc) is 2.39. The fourth-order valence-corrected chi connectivity index (χ4v) is 1.70. The van der Waals surface area contributed by atoms with Crippen molar-refractivity contribution in [2.75, 3.05) is 5.32 Å². The van der Waals surface area contributed by atoms with Crippen LogP contribution in [0.15, 0.2) is 47.9 Å². The second-order valence-electron chi connectivity index (χ2n) is 3.71. The molecule has 0 saturated carbocycles. The Hall–Kier alpha value is -2.56. The molecule has 1 aromatic heterocycles. The topological polar surface area (TPSA) is 71.4 Å². The van der Waals surface area contributed by atoms with Crippen molar-refractivity contribution in [1.29, 1.82) is 0 Å². The molecule has 0 spiro atoms. The van der Waals surface area contributed by atoms with Gasteiger partial charge in [0.15, 0.2) is 0 Å². The van der Waals surface area contributed by atoms with Gasteiger partial charge in [0, 0.05) is 24.9 Å². The largest absolute Gasteiger partial charge is 0.324 e. The van der Waals surface area contributed by atoms with Gasteiger partial charge in [-0.05, 0) is 28.9 Å². The third-order valence-corrected chi connectivity index (χ3v) is 2.43.